The lowest BCUT2D eigenvalue weighted by Gasteiger charge is -2.41. The first-order valence-corrected chi connectivity index (χ1v) is 7.15. The van der Waals surface area contributed by atoms with Gasteiger partial charge in [-0.2, -0.15) is 0 Å². The number of rotatable bonds is 4. The Kier molecular flexibility index (Phi) is 4.38. The summed E-state index contributed by atoms with van der Waals surface area (Å²) in [4.78, 5) is 0. The van der Waals surface area contributed by atoms with Crippen molar-refractivity contribution in [1.82, 2.24) is 20.3 Å². The summed E-state index contributed by atoms with van der Waals surface area (Å²) in [5, 5.41) is 11.5. The van der Waals surface area contributed by atoms with Gasteiger partial charge in [0.05, 0.1) is 12.7 Å². The summed E-state index contributed by atoms with van der Waals surface area (Å²) in [5.74, 6) is 0.794. The van der Waals surface area contributed by atoms with Crippen LogP contribution in [0, 0.1) is 11.3 Å². The van der Waals surface area contributed by atoms with Gasteiger partial charge in [-0.05, 0) is 24.2 Å². The molecule has 102 valence electrons. The standard InChI is InChI=1S/C14H26N4/c1-14(2,3)12-6-4-5-7-13(12)15-8-10-18-11-9-16-17-18/h9,11-13,15H,4-8,10H2,1-3H3. The molecule has 0 spiro atoms. The maximum atomic E-state index is 3.99. The number of nitrogens with zero attached hydrogens (tertiary/aromatic N) is 3. The molecule has 4 heteroatoms. The summed E-state index contributed by atoms with van der Waals surface area (Å²) in [6, 6.07) is 0.669. The van der Waals surface area contributed by atoms with Crippen molar-refractivity contribution >= 4 is 0 Å². The molecule has 0 saturated heterocycles. The summed E-state index contributed by atoms with van der Waals surface area (Å²) < 4.78 is 1.89. The van der Waals surface area contributed by atoms with Crippen LogP contribution < -0.4 is 5.32 Å². The zero-order valence-electron chi connectivity index (χ0n) is 11.9. The smallest absolute Gasteiger partial charge is 0.0692 e. The monoisotopic (exact) mass is 250 g/mol. The van der Waals surface area contributed by atoms with E-state index in [2.05, 4.69) is 36.4 Å². The molecular weight excluding hydrogens is 224 g/mol. The first-order chi connectivity index (χ1) is 8.57. The maximum absolute atomic E-state index is 3.99. The van der Waals surface area contributed by atoms with E-state index in [4.69, 9.17) is 0 Å². The lowest BCUT2D eigenvalue weighted by molar-refractivity contribution is 0.130. The van der Waals surface area contributed by atoms with Crippen molar-refractivity contribution < 1.29 is 0 Å². The van der Waals surface area contributed by atoms with Gasteiger partial charge < -0.3 is 5.32 Å². The molecule has 0 amide bonds. The highest BCUT2D eigenvalue weighted by Gasteiger charge is 2.33. The Morgan fingerprint density at radius 1 is 1.28 bits per heavy atom. The van der Waals surface area contributed by atoms with Crippen molar-refractivity contribution in [3.05, 3.63) is 12.4 Å². The van der Waals surface area contributed by atoms with E-state index in [1.807, 2.05) is 10.9 Å². The zero-order valence-corrected chi connectivity index (χ0v) is 11.9. The van der Waals surface area contributed by atoms with E-state index in [1.165, 1.54) is 25.7 Å². The summed E-state index contributed by atoms with van der Waals surface area (Å²) >= 11 is 0. The normalized spacial score (nSPS) is 25.3. The van der Waals surface area contributed by atoms with Gasteiger partial charge in [0.1, 0.15) is 0 Å². The Labute approximate surface area is 110 Å². The molecule has 0 bridgehead atoms. The Morgan fingerprint density at radius 3 is 2.72 bits per heavy atom. The van der Waals surface area contributed by atoms with Gasteiger partial charge in [0.2, 0.25) is 0 Å². The zero-order chi connectivity index (χ0) is 13.0. The van der Waals surface area contributed by atoms with Gasteiger partial charge in [-0.25, -0.2) is 0 Å². The molecule has 1 aliphatic rings. The third kappa shape index (κ3) is 3.55. The van der Waals surface area contributed by atoms with Crippen LogP contribution in [0.4, 0.5) is 0 Å². The fourth-order valence-electron chi connectivity index (χ4n) is 3.13. The molecule has 0 aromatic carbocycles. The van der Waals surface area contributed by atoms with Crippen LogP contribution in [0.1, 0.15) is 46.5 Å². The van der Waals surface area contributed by atoms with Crippen LogP contribution in [0.2, 0.25) is 0 Å². The fraction of sp³-hybridized carbons (Fsp3) is 0.857. The maximum Gasteiger partial charge on any atom is 0.0692 e. The van der Waals surface area contributed by atoms with Gasteiger partial charge in [0, 0.05) is 18.8 Å². The molecule has 1 aromatic heterocycles. The predicted molar refractivity (Wildman–Crippen MR) is 73.2 cm³/mol. The molecule has 18 heavy (non-hydrogen) atoms. The van der Waals surface area contributed by atoms with Crippen molar-refractivity contribution in [3.63, 3.8) is 0 Å². The average Bonchev–Trinajstić information content (AvgIpc) is 2.81. The second-order valence-corrected chi connectivity index (χ2v) is 6.48. The molecule has 2 atom stereocenters. The van der Waals surface area contributed by atoms with Crippen LogP contribution in [0.5, 0.6) is 0 Å². The van der Waals surface area contributed by atoms with Gasteiger partial charge in [-0.15, -0.1) is 5.10 Å². The molecule has 0 radical (unpaired) electrons. The van der Waals surface area contributed by atoms with Crippen LogP contribution in [-0.4, -0.2) is 27.6 Å². The molecule has 1 saturated carbocycles. The Hall–Kier alpha value is -0.900. The predicted octanol–water partition coefficient (Wildman–Crippen LogP) is 2.47. The SMILES string of the molecule is CC(C)(C)C1CCCCC1NCCn1ccnn1. The molecule has 2 rings (SSSR count). The van der Waals surface area contributed by atoms with E-state index in [9.17, 15) is 0 Å². The molecular formula is C14H26N4. The molecule has 1 N–H and O–H groups in total. The second-order valence-electron chi connectivity index (χ2n) is 6.48. The number of hydrogen-bond acceptors (Lipinski definition) is 3. The van der Waals surface area contributed by atoms with E-state index in [0.29, 0.717) is 11.5 Å². The van der Waals surface area contributed by atoms with Gasteiger partial charge in [-0.3, -0.25) is 4.68 Å². The van der Waals surface area contributed by atoms with Gasteiger partial charge >= 0.3 is 0 Å². The highest BCUT2D eigenvalue weighted by molar-refractivity contribution is 4.88. The highest BCUT2D eigenvalue weighted by Crippen LogP contribution is 2.37. The van der Waals surface area contributed by atoms with Gasteiger partial charge in [-0.1, -0.05) is 38.8 Å². The molecule has 1 heterocycles. The molecule has 1 aliphatic carbocycles. The number of hydrogen-bond donors (Lipinski definition) is 1. The Morgan fingerprint density at radius 2 is 2.06 bits per heavy atom. The van der Waals surface area contributed by atoms with E-state index in [0.717, 1.165) is 19.0 Å². The minimum atomic E-state index is 0.408. The van der Waals surface area contributed by atoms with Gasteiger partial charge in [0.15, 0.2) is 0 Å². The van der Waals surface area contributed by atoms with Crippen LogP contribution in [0.25, 0.3) is 0 Å². The molecule has 4 nitrogen and oxygen atoms in total. The van der Waals surface area contributed by atoms with E-state index in [1.54, 1.807) is 6.20 Å². The third-order valence-corrected chi connectivity index (χ3v) is 4.10. The van der Waals surface area contributed by atoms with Crippen molar-refractivity contribution in [1.29, 1.82) is 0 Å². The summed E-state index contributed by atoms with van der Waals surface area (Å²) in [6.45, 7) is 9.01. The molecule has 1 fully saturated rings. The lowest BCUT2D eigenvalue weighted by atomic mass is 9.69. The second kappa shape index (κ2) is 5.83. The van der Waals surface area contributed by atoms with Crippen molar-refractivity contribution in [2.45, 2.75) is 59.0 Å². The van der Waals surface area contributed by atoms with E-state index < -0.39 is 0 Å². The first kappa shape index (κ1) is 13.5. The Bertz CT molecular complexity index is 339. The first-order valence-electron chi connectivity index (χ1n) is 7.15. The van der Waals surface area contributed by atoms with E-state index >= 15 is 0 Å². The quantitative estimate of drug-likeness (QED) is 0.892. The topological polar surface area (TPSA) is 42.7 Å². The summed E-state index contributed by atoms with van der Waals surface area (Å²) in [5.41, 5.74) is 0.408. The van der Waals surface area contributed by atoms with Crippen molar-refractivity contribution in [2.75, 3.05) is 6.54 Å². The minimum absolute atomic E-state index is 0.408. The van der Waals surface area contributed by atoms with Crippen LogP contribution in [-0.2, 0) is 6.54 Å². The van der Waals surface area contributed by atoms with Crippen LogP contribution >= 0.6 is 0 Å². The van der Waals surface area contributed by atoms with Crippen molar-refractivity contribution in [3.8, 4) is 0 Å². The average molecular weight is 250 g/mol. The van der Waals surface area contributed by atoms with E-state index in [-0.39, 0.29) is 0 Å². The van der Waals surface area contributed by atoms with Crippen LogP contribution in [0.3, 0.4) is 0 Å². The summed E-state index contributed by atoms with van der Waals surface area (Å²) in [7, 11) is 0. The fourth-order valence-corrected chi connectivity index (χ4v) is 3.13. The lowest BCUT2D eigenvalue weighted by Crippen LogP contribution is -2.45. The highest BCUT2D eigenvalue weighted by atomic mass is 15.4. The van der Waals surface area contributed by atoms with Gasteiger partial charge in [0.25, 0.3) is 0 Å². The Balaban J connectivity index is 1.82. The van der Waals surface area contributed by atoms with Crippen molar-refractivity contribution in [2.24, 2.45) is 11.3 Å². The van der Waals surface area contributed by atoms with Crippen LogP contribution in [0.15, 0.2) is 12.4 Å². The molecule has 1 aromatic rings. The molecule has 0 aliphatic heterocycles. The number of aromatic nitrogens is 3. The molecule has 2 unspecified atom stereocenters. The number of nitrogens with one attached hydrogen (secondary N) is 1. The minimum Gasteiger partial charge on any atom is -0.312 e. The summed E-state index contributed by atoms with van der Waals surface area (Å²) in [6.07, 6.45) is 9.10. The largest absolute Gasteiger partial charge is 0.312 e. The third-order valence-electron chi connectivity index (χ3n) is 4.10.